The van der Waals surface area contributed by atoms with Crippen LogP contribution in [0.2, 0.25) is 0 Å². The molecule has 0 spiro atoms. The average Bonchev–Trinajstić information content (AvgIpc) is 2.81. The van der Waals surface area contributed by atoms with Gasteiger partial charge < -0.3 is 10.2 Å². The number of likely N-dealkylation sites (N-methyl/N-ethyl adjacent to an activating group) is 1. The SMILES string of the molecule is CN(C)C1(CNc2c(C#N)c(=O)n(C)c(=O)n2C)CCCCCC1. The Morgan fingerprint density at radius 1 is 1.12 bits per heavy atom. The van der Waals surface area contributed by atoms with Crippen molar-refractivity contribution in [1.29, 1.82) is 5.26 Å². The van der Waals surface area contributed by atoms with Crippen molar-refractivity contribution < 1.29 is 0 Å². The van der Waals surface area contributed by atoms with Gasteiger partial charge in [-0.25, -0.2) is 4.79 Å². The highest BCUT2D eigenvalue weighted by atomic mass is 16.2. The Kier molecular flexibility index (Phi) is 5.50. The third-order valence-corrected chi connectivity index (χ3v) is 5.34. The first-order valence-electron chi connectivity index (χ1n) is 8.45. The summed E-state index contributed by atoms with van der Waals surface area (Å²) >= 11 is 0. The minimum atomic E-state index is -0.553. The summed E-state index contributed by atoms with van der Waals surface area (Å²) in [7, 11) is 7.12. The molecule has 0 bridgehead atoms. The molecule has 0 aliphatic heterocycles. The van der Waals surface area contributed by atoms with Crippen molar-refractivity contribution in [3.8, 4) is 6.07 Å². The number of nitrogens with zero attached hydrogens (tertiary/aromatic N) is 4. The first-order chi connectivity index (χ1) is 11.3. The predicted octanol–water partition coefficient (Wildman–Crippen LogP) is 1.02. The lowest BCUT2D eigenvalue weighted by molar-refractivity contribution is 0.143. The van der Waals surface area contributed by atoms with Gasteiger partial charge in [0.05, 0.1) is 0 Å². The lowest BCUT2D eigenvalue weighted by Gasteiger charge is -2.40. The van der Waals surface area contributed by atoms with Crippen molar-refractivity contribution in [1.82, 2.24) is 14.0 Å². The molecule has 1 saturated carbocycles. The summed E-state index contributed by atoms with van der Waals surface area (Å²) in [6.45, 7) is 0.606. The largest absolute Gasteiger partial charge is 0.368 e. The van der Waals surface area contributed by atoms with E-state index >= 15 is 0 Å². The van der Waals surface area contributed by atoms with Gasteiger partial charge in [-0.1, -0.05) is 25.7 Å². The van der Waals surface area contributed by atoms with Gasteiger partial charge in [0.1, 0.15) is 11.9 Å². The van der Waals surface area contributed by atoms with Crippen LogP contribution in [0.25, 0.3) is 0 Å². The molecule has 1 aromatic heterocycles. The number of aromatic nitrogens is 2. The molecule has 1 aliphatic carbocycles. The summed E-state index contributed by atoms with van der Waals surface area (Å²) in [6, 6.07) is 1.95. The van der Waals surface area contributed by atoms with Gasteiger partial charge in [-0.05, 0) is 26.9 Å². The van der Waals surface area contributed by atoms with Crippen molar-refractivity contribution in [2.24, 2.45) is 14.1 Å². The zero-order valence-corrected chi connectivity index (χ0v) is 15.1. The fourth-order valence-electron chi connectivity index (χ4n) is 3.57. The van der Waals surface area contributed by atoms with Crippen LogP contribution in [0.3, 0.4) is 0 Å². The summed E-state index contributed by atoms with van der Waals surface area (Å²) in [5, 5.41) is 12.6. The number of nitriles is 1. The molecule has 0 radical (unpaired) electrons. The molecule has 2 rings (SSSR count). The summed E-state index contributed by atoms with van der Waals surface area (Å²) in [4.78, 5) is 26.6. The van der Waals surface area contributed by atoms with E-state index in [-0.39, 0.29) is 11.1 Å². The van der Waals surface area contributed by atoms with Crippen molar-refractivity contribution in [3.63, 3.8) is 0 Å². The molecular weight excluding hydrogens is 306 g/mol. The molecule has 1 fully saturated rings. The third-order valence-electron chi connectivity index (χ3n) is 5.34. The van der Waals surface area contributed by atoms with Crippen molar-refractivity contribution in [2.75, 3.05) is 26.0 Å². The van der Waals surface area contributed by atoms with E-state index in [1.807, 2.05) is 6.07 Å². The molecule has 0 saturated heterocycles. The fraction of sp³-hybridized carbons (Fsp3) is 0.706. The predicted molar refractivity (Wildman–Crippen MR) is 94.2 cm³/mol. The standard InChI is InChI=1S/C17H27N5O2/c1-20(2)17(9-7-5-6-8-10-17)12-19-14-13(11-18)15(23)22(4)16(24)21(14)3/h19H,5-10,12H2,1-4H3. The Hall–Kier alpha value is -2.07. The molecule has 0 amide bonds. The van der Waals surface area contributed by atoms with E-state index in [1.54, 1.807) is 7.05 Å². The van der Waals surface area contributed by atoms with E-state index in [0.717, 1.165) is 17.4 Å². The van der Waals surface area contributed by atoms with Gasteiger partial charge in [0.25, 0.3) is 5.56 Å². The van der Waals surface area contributed by atoms with Crippen molar-refractivity contribution >= 4 is 5.82 Å². The first kappa shape index (κ1) is 18.3. The number of hydrogen-bond acceptors (Lipinski definition) is 5. The highest BCUT2D eigenvalue weighted by Gasteiger charge is 2.33. The normalized spacial score (nSPS) is 17.3. The van der Waals surface area contributed by atoms with Crippen LogP contribution in [-0.4, -0.2) is 40.2 Å². The Labute approximate surface area is 142 Å². The molecule has 24 heavy (non-hydrogen) atoms. The molecule has 0 atom stereocenters. The quantitative estimate of drug-likeness (QED) is 0.832. The van der Waals surface area contributed by atoms with E-state index in [2.05, 4.69) is 24.3 Å². The number of nitrogens with one attached hydrogen (secondary N) is 1. The second kappa shape index (κ2) is 7.22. The first-order valence-corrected chi connectivity index (χ1v) is 8.45. The van der Waals surface area contributed by atoms with Crippen LogP contribution in [0.5, 0.6) is 0 Å². The molecule has 1 N–H and O–H groups in total. The zero-order valence-electron chi connectivity index (χ0n) is 15.1. The molecular formula is C17H27N5O2. The Balaban J connectivity index is 2.39. The topological polar surface area (TPSA) is 83.1 Å². The number of hydrogen-bond donors (Lipinski definition) is 1. The summed E-state index contributed by atoms with van der Waals surface area (Å²) in [5.41, 5.74) is -1.02. The lowest BCUT2D eigenvalue weighted by Crippen LogP contribution is -2.50. The lowest BCUT2D eigenvalue weighted by atomic mass is 9.88. The zero-order chi connectivity index (χ0) is 17.9. The van der Waals surface area contributed by atoms with Crippen molar-refractivity contribution in [3.05, 3.63) is 26.4 Å². The highest BCUT2D eigenvalue weighted by molar-refractivity contribution is 5.51. The molecule has 1 aromatic rings. The van der Waals surface area contributed by atoms with E-state index in [0.29, 0.717) is 12.4 Å². The fourth-order valence-corrected chi connectivity index (χ4v) is 3.57. The third kappa shape index (κ3) is 3.24. The van der Waals surface area contributed by atoms with Crippen LogP contribution in [0.4, 0.5) is 5.82 Å². The molecule has 1 aliphatic rings. The maximum Gasteiger partial charge on any atom is 0.332 e. The minimum Gasteiger partial charge on any atom is -0.368 e. The number of anilines is 1. The molecule has 132 valence electrons. The Morgan fingerprint density at radius 2 is 1.71 bits per heavy atom. The molecule has 0 unspecified atom stereocenters. The van der Waals surface area contributed by atoms with Crippen molar-refractivity contribution in [2.45, 2.75) is 44.1 Å². The summed E-state index contributed by atoms with van der Waals surface area (Å²) in [5.74, 6) is 0.316. The van der Waals surface area contributed by atoms with Gasteiger partial charge >= 0.3 is 5.69 Å². The Morgan fingerprint density at radius 3 is 2.21 bits per heavy atom. The molecule has 7 nitrogen and oxygen atoms in total. The molecule has 0 aromatic carbocycles. The molecule has 7 heteroatoms. The smallest absolute Gasteiger partial charge is 0.332 e. The van der Waals surface area contributed by atoms with Gasteiger partial charge in [-0.3, -0.25) is 13.9 Å². The second-order valence-corrected chi connectivity index (χ2v) is 6.93. The van der Waals surface area contributed by atoms with Gasteiger partial charge in [0.15, 0.2) is 5.56 Å². The van der Waals surface area contributed by atoms with Crippen LogP contribution in [0.1, 0.15) is 44.1 Å². The van der Waals surface area contributed by atoms with Gasteiger partial charge in [-0.15, -0.1) is 0 Å². The van der Waals surface area contributed by atoms with Gasteiger partial charge in [0.2, 0.25) is 0 Å². The highest BCUT2D eigenvalue weighted by Crippen LogP contribution is 2.31. The average molecular weight is 333 g/mol. The second-order valence-electron chi connectivity index (χ2n) is 6.93. The molecule has 1 heterocycles. The maximum absolute atomic E-state index is 12.2. The van der Waals surface area contributed by atoms with E-state index in [9.17, 15) is 14.9 Å². The van der Waals surface area contributed by atoms with Crippen LogP contribution in [0.15, 0.2) is 9.59 Å². The van der Waals surface area contributed by atoms with Crippen LogP contribution < -0.4 is 16.6 Å². The van der Waals surface area contributed by atoms with Gasteiger partial charge in [0, 0.05) is 26.2 Å². The summed E-state index contributed by atoms with van der Waals surface area (Å²) < 4.78 is 2.32. The van der Waals surface area contributed by atoms with Gasteiger partial charge in [-0.2, -0.15) is 5.26 Å². The maximum atomic E-state index is 12.2. The minimum absolute atomic E-state index is 0.0119. The van der Waals surface area contributed by atoms with Crippen LogP contribution in [0, 0.1) is 11.3 Å². The number of rotatable bonds is 4. The van der Waals surface area contributed by atoms with Crippen LogP contribution >= 0.6 is 0 Å². The van der Waals surface area contributed by atoms with E-state index in [1.165, 1.54) is 37.3 Å². The van der Waals surface area contributed by atoms with Crippen LogP contribution in [-0.2, 0) is 14.1 Å². The Bertz CT molecular complexity index is 746. The van der Waals surface area contributed by atoms with E-state index < -0.39 is 11.2 Å². The monoisotopic (exact) mass is 333 g/mol. The van der Waals surface area contributed by atoms with E-state index in [4.69, 9.17) is 0 Å². The summed E-state index contributed by atoms with van der Waals surface area (Å²) in [6.07, 6.45) is 6.94.